The Morgan fingerprint density at radius 2 is 2.06 bits per heavy atom. The second-order valence-electron chi connectivity index (χ2n) is 2.79. The molecule has 0 aliphatic rings. The van der Waals surface area contributed by atoms with Crippen LogP contribution >= 0.6 is 11.6 Å². The molecule has 7 heteroatoms. The van der Waals surface area contributed by atoms with Gasteiger partial charge in [0.05, 0.1) is 11.3 Å². The molecule has 1 aromatic carbocycles. The maximum atomic E-state index is 10.9. The van der Waals surface area contributed by atoms with Crippen molar-refractivity contribution in [3.05, 3.63) is 28.8 Å². The van der Waals surface area contributed by atoms with Crippen molar-refractivity contribution in [3.63, 3.8) is 0 Å². The summed E-state index contributed by atoms with van der Waals surface area (Å²) in [5.41, 5.74) is 1.96. The highest BCUT2D eigenvalue weighted by molar-refractivity contribution is 6.31. The Labute approximate surface area is 101 Å². The minimum atomic E-state index is -1.19. The van der Waals surface area contributed by atoms with E-state index in [4.69, 9.17) is 27.2 Å². The molecule has 6 nitrogen and oxygen atoms in total. The van der Waals surface area contributed by atoms with Crippen LogP contribution in [0.5, 0.6) is 0 Å². The first-order valence-electron chi connectivity index (χ1n) is 4.25. The first-order chi connectivity index (χ1) is 8.08. The Morgan fingerprint density at radius 3 is 2.59 bits per heavy atom. The fourth-order valence-electron chi connectivity index (χ4n) is 0.982. The Bertz CT molecular complexity index is 553. The molecular formula is C10H5ClN4O2. The highest BCUT2D eigenvalue weighted by Gasteiger charge is 2.10. The van der Waals surface area contributed by atoms with E-state index in [9.17, 15) is 4.79 Å². The third-order valence-electron chi connectivity index (χ3n) is 1.71. The zero-order valence-corrected chi connectivity index (χ0v) is 9.06. The molecule has 0 amide bonds. The number of nitrogens with one attached hydrogen (secondary N) is 1. The number of carboxylic acids is 1. The summed E-state index contributed by atoms with van der Waals surface area (Å²) in [5, 5.41) is 29.5. The number of carboxylic acid groups (broad SMARTS) is 1. The highest BCUT2D eigenvalue weighted by atomic mass is 35.5. The van der Waals surface area contributed by atoms with Crippen LogP contribution in [0, 0.1) is 22.7 Å². The summed E-state index contributed by atoms with van der Waals surface area (Å²) in [5.74, 6) is -1.19. The van der Waals surface area contributed by atoms with E-state index in [0.29, 0.717) is 0 Å². The van der Waals surface area contributed by atoms with Gasteiger partial charge in [0, 0.05) is 5.02 Å². The number of carbonyl (C=O) groups is 1. The van der Waals surface area contributed by atoms with Gasteiger partial charge in [-0.05, 0) is 18.2 Å². The van der Waals surface area contributed by atoms with Gasteiger partial charge in [-0.25, -0.2) is 4.79 Å². The van der Waals surface area contributed by atoms with Crippen LogP contribution in [0.25, 0.3) is 0 Å². The lowest BCUT2D eigenvalue weighted by atomic mass is 10.2. The van der Waals surface area contributed by atoms with E-state index in [2.05, 4.69) is 10.5 Å². The number of nitrogens with zero attached hydrogens (tertiary/aromatic N) is 3. The molecule has 1 rings (SSSR count). The number of hydrogen-bond acceptors (Lipinski definition) is 5. The fraction of sp³-hybridized carbons (Fsp3) is 0. The summed E-state index contributed by atoms with van der Waals surface area (Å²) in [7, 11) is 0. The summed E-state index contributed by atoms with van der Waals surface area (Å²) in [6.07, 6.45) is 0. The lowest BCUT2D eigenvalue weighted by Gasteiger charge is -2.04. The summed E-state index contributed by atoms with van der Waals surface area (Å²) < 4.78 is 0. The van der Waals surface area contributed by atoms with E-state index in [-0.39, 0.29) is 16.3 Å². The van der Waals surface area contributed by atoms with Crippen molar-refractivity contribution in [2.45, 2.75) is 0 Å². The molecule has 0 atom stereocenters. The van der Waals surface area contributed by atoms with Crippen molar-refractivity contribution in [3.8, 4) is 12.1 Å². The van der Waals surface area contributed by atoms with Gasteiger partial charge < -0.3 is 5.11 Å². The SMILES string of the molecule is N#CC(C#N)=NNc1ccc(Cl)cc1C(=O)O. The van der Waals surface area contributed by atoms with Gasteiger partial charge in [0.25, 0.3) is 0 Å². The molecule has 0 spiro atoms. The fourth-order valence-corrected chi connectivity index (χ4v) is 1.15. The van der Waals surface area contributed by atoms with Crippen molar-refractivity contribution < 1.29 is 9.90 Å². The quantitative estimate of drug-likeness (QED) is 0.627. The molecule has 2 N–H and O–H groups in total. The van der Waals surface area contributed by atoms with E-state index < -0.39 is 11.7 Å². The molecule has 84 valence electrons. The maximum Gasteiger partial charge on any atom is 0.337 e. The number of halogens is 1. The van der Waals surface area contributed by atoms with E-state index in [0.717, 1.165) is 0 Å². The van der Waals surface area contributed by atoms with Gasteiger partial charge in [-0.3, -0.25) is 5.43 Å². The first-order valence-corrected chi connectivity index (χ1v) is 4.63. The molecule has 0 radical (unpaired) electrons. The van der Waals surface area contributed by atoms with Gasteiger partial charge in [0.1, 0.15) is 12.1 Å². The standard InChI is InChI=1S/C10H5ClN4O2/c11-6-1-2-9(8(3-6)10(16)17)15-14-7(4-12)5-13/h1-3,15H,(H,16,17). The predicted molar refractivity (Wildman–Crippen MR) is 60.7 cm³/mol. The molecule has 1 aromatic rings. The van der Waals surface area contributed by atoms with Gasteiger partial charge >= 0.3 is 5.97 Å². The van der Waals surface area contributed by atoms with Crippen LogP contribution in [-0.4, -0.2) is 16.8 Å². The molecule has 0 aliphatic heterocycles. The van der Waals surface area contributed by atoms with Crippen molar-refractivity contribution in [1.82, 2.24) is 0 Å². The molecule has 0 saturated carbocycles. The Kier molecular flexibility index (Phi) is 4.04. The minimum absolute atomic E-state index is 0.100. The van der Waals surface area contributed by atoms with Crippen molar-refractivity contribution >= 4 is 29.0 Å². The Balaban J connectivity index is 3.09. The molecule has 0 fully saturated rings. The second kappa shape index (κ2) is 5.50. The molecule has 0 saturated heterocycles. The topological polar surface area (TPSA) is 109 Å². The Hall–Kier alpha value is -2.57. The van der Waals surface area contributed by atoms with Crippen LogP contribution in [0.3, 0.4) is 0 Å². The van der Waals surface area contributed by atoms with E-state index in [1.165, 1.54) is 30.3 Å². The molecule has 0 aromatic heterocycles. The molecule has 0 unspecified atom stereocenters. The number of aromatic carboxylic acids is 1. The molecule has 0 aliphatic carbocycles. The summed E-state index contributed by atoms with van der Waals surface area (Å²) in [6, 6.07) is 7.16. The molecule has 0 bridgehead atoms. The van der Waals surface area contributed by atoms with Crippen LogP contribution in [-0.2, 0) is 0 Å². The monoisotopic (exact) mass is 248 g/mol. The zero-order chi connectivity index (χ0) is 12.8. The third-order valence-corrected chi connectivity index (χ3v) is 1.95. The van der Waals surface area contributed by atoms with Gasteiger partial charge in [-0.1, -0.05) is 11.6 Å². The van der Waals surface area contributed by atoms with Crippen LogP contribution in [0.15, 0.2) is 23.3 Å². The summed E-state index contributed by atoms with van der Waals surface area (Å²) in [6.45, 7) is 0. The van der Waals surface area contributed by atoms with Gasteiger partial charge in [-0.2, -0.15) is 15.6 Å². The van der Waals surface area contributed by atoms with Crippen molar-refractivity contribution in [2.75, 3.05) is 5.43 Å². The van der Waals surface area contributed by atoms with E-state index >= 15 is 0 Å². The smallest absolute Gasteiger partial charge is 0.337 e. The molecular weight excluding hydrogens is 244 g/mol. The number of hydrogen-bond donors (Lipinski definition) is 2. The number of nitriles is 2. The minimum Gasteiger partial charge on any atom is -0.478 e. The average Bonchev–Trinajstić information content (AvgIpc) is 2.31. The van der Waals surface area contributed by atoms with Crippen LogP contribution in [0.1, 0.15) is 10.4 Å². The van der Waals surface area contributed by atoms with Gasteiger partial charge in [-0.15, -0.1) is 0 Å². The summed E-state index contributed by atoms with van der Waals surface area (Å²) in [4.78, 5) is 10.9. The lowest BCUT2D eigenvalue weighted by molar-refractivity contribution is 0.0698. The number of rotatable bonds is 3. The highest BCUT2D eigenvalue weighted by Crippen LogP contribution is 2.20. The average molecular weight is 249 g/mol. The van der Waals surface area contributed by atoms with Gasteiger partial charge in [0.15, 0.2) is 0 Å². The van der Waals surface area contributed by atoms with Crippen LogP contribution < -0.4 is 5.43 Å². The van der Waals surface area contributed by atoms with E-state index in [1.807, 2.05) is 0 Å². The lowest BCUT2D eigenvalue weighted by Crippen LogP contribution is -2.04. The second-order valence-corrected chi connectivity index (χ2v) is 3.23. The summed E-state index contributed by atoms with van der Waals surface area (Å²) >= 11 is 5.65. The zero-order valence-electron chi connectivity index (χ0n) is 8.31. The van der Waals surface area contributed by atoms with Gasteiger partial charge in [0.2, 0.25) is 5.71 Å². The first kappa shape index (κ1) is 12.5. The van der Waals surface area contributed by atoms with Crippen LogP contribution in [0.2, 0.25) is 5.02 Å². The van der Waals surface area contributed by atoms with Crippen molar-refractivity contribution in [1.29, 1.82) is 10.5 Å². The van der Waals surface area contributed by atoms with Crippen LogP contribution in [0.4, 0.5) is 5.69 Å². The third kappa shape index (κ3) is 3.20. The predicted octanol–water partition coefficient (Wildman–Crippen LogP) is 1.85. The van der Waals surface area contributed by atoms with E-state index in [1.54, 1.807) is 0 Å². The number of benzene rings is 1. The molecule has 17 heavy (non-hydrogen) atoms. The Morgan fingerprint density at radius 1 is 1.41 bits per heavy atom. The normalized spacial score (nSPS) is 8.65. The number of anilines is 1. The number of hydrazone groups is 1. The molecule has 0 heterocycles. The largest absolute Gasteiger partial charge is 0.478 e. The van der Waals surface area contributed by atoms with Crippen molar-refractivity contribution in [2.24, 2.45) is 5.10 Å². The maximum absolute atomic E-state index is 10.9.